The van der Waals surface area contributed by atoms with Crippen LogP contribution in [0.4, 0.5) is 0 Å². The van der Waals surface area contributed by atoms with E-state index in [1.165, 1.54) is 13.8 Å². The molecule has 0 bridgehead atoms. The van der Waals surface area contributed by atoms with Crippen LogP contribution in [-0.4, -0.2) is 52.8 Å². The molecule has 0 aromatic rings. The lowest BCUT2D eigenvalue weighted by atomic mass is 9.38. The summed E-state index contributed by atoms with van der Waals surface area (Å²) in [7, 11) is 0. The maximum absolute atomic E-state index is 14.3. The van der Waals surface area contributed by atoms with Crippen molar-refractivity contribution in [3.05, 3.63) is 11.6 Å². The molecular weight excluding hydrogens is 448 g/mol. The Bertz CT molecular complexity index is 1030. The fourth-order valence-electron chi connectivity index (χ4n) is 9.45. The van der Waals surface area contributed by atoms with Crippen molar-refractivity contribution < 1.29 is 33.7 Å². The zero-order valence-electron chi connectivity index (χ0n) is 22.3. The van der Waals surface area contributed by atoms with Gasteiger partial charge in [-0.2, -0.15) is 0 Å². The lowest BCUT2D eigenvalue weighted by Gasteiger charge is -2.65. The predicted octanol–water partition coefficient (Wildman–Crippen LogP) is 3.76. The number of allylic oxidation sites excluding steroid dienone is 1. The first-order valence-corrected chi connectivity index (χ1v) is 13.0. The van der Waals surface area contributed by atoms with E-state index in [2.05, 4.69) is 26.8 Å². The third kappa shape index (κ3) is 2.83. The fraction of sp³-hybridized carbons (Fsp3) is 0.821. The molecule has 4 fully saturated rings. The molecule has 1 heterocycles. The highest BCUT2D eigenvalue weighted by molar-refractivity contribution is 5.88. The SMILES string of the molecule is CC(=O)O[C@H]1C[C@@H]2C(=CC[C@@H]3[C@@]2(C)C(=O)C[C@]2(C)[C@@]4([C@H](C)O)O[C@H]4C[C@@]32C)C(C)(C)[C@@H]1OC(C)=O. The fourth-order valence-corrected chi connectivity index (χ4v) is 9.45. The molecule has 5 rings (SSSR count). The van der Waals surface area contributed by atoms with Gasteiger partial charge in [0.2, 0.25) is 0 Å². The van der Waals surface area contributed by atoms with E-state index in [-0.39, 0.29) is 29.1 Å². The molecule has 3 saturated carbocycles. The Kier molecular flexibility index (Phi) is 5.12. The van der Waals surface area contributed by atoms with Gasteiger partial charge in [-0.1, -0.05) is 46.3 Å². The van der Waals surface area contributed by atoms with Gasteiger partial charge >= 0.3 is 11.9 Å². The Hall–Kier alpha value is -1.73. The molecule has 1 N–H and O–H groups in total. The van der Waals surface area contributed by atoms with Crippen molar-refractivity contribution in [2.45, 2.75) is 111 Å². The molecule has 10 atom stereocenters. The minimum absolute atomic E-state index is 0.0250. The molecular formula is C28H40O7. The molecule has 0 aromatic heterocycles. The van der Waals surface area contributed by atoms with Gasteiger partial charge in [0, 0.05) is 36.5 Å². The quantitative estimate of drug-likeness (QED) is 0.367. The van der Waals surface area contributed by atoms with Gasteiger partial charge in [-0.3, -0.25) is 14.4 Å². The molecule has 0 radical (unpaired) electrons. The van der Waals surface area contributed by atoms with Crippen LogP contribution in [-0.2, 0) is 28.6 Å². The van der Waals surface area contributed by atoms with E-state index in [0.29, 0.717) is 12.8 Å². The number of ketones is 1. The van der Waals surface area contributed by atoms with E-state index >= 15 is 0 Å². The molecule has 0 spiro atoms. The van der Waals surface area contributed by atoms with Crippen LogP contribution in [0.5, 0.6) is 0 Å². The molecule has 5 aliphatic rings. The first kappa shape index (κ1) is 24.9. The summed E-state index contributed by atoms with van der Waals surface area (Å²) in [6, 6.07) is 0. The molecule has 1 saturated heterocycles. The number of rotatable bonds is 3. The number of aliphatic hydroxyl groups is 1. The van der Waals surface area contributed by atoms with Gasteiger partial charge in [0.05, 0.1) is 12.2 Å². The van der Waals surface area contributed by atoms with Gasteiger partial charge in [0.25, 0.3) is 0 Å². The second-order valence-electron chi connectivity index (χ2n) is 13.0. The Labute approximate surface area is 207 Å². The van der Waals surface area contributed by atoms with E-state index in [9.17, 15) is 19.5 Å². The summed E-state index contributed by atoms with van der Waals surface area (Å²) in [5, 5.41) is 10.8. The number of epoxide rings is 1. The minimum Gasteiger partial charge on any atom is -0.459 e. The first-order valence-electron chi connectivity index (χ1n) is 13.0. The number of hydrogen-bond donors (Lipinski definition) is 1. The Morgan fingerprint density at radius 2 is 1.74 bits per heavy atom. The van der Waals surface area contributed by atoms with Gasteiger partial charge in [0.15, 0.2) is 0 Å². The number of carbonyl (C=O) groups is 3. The monoisotopic (exact) mass is 488 g/mol. The summed E-state index contributed by atoms with van der Waals surface area (Å²) in [4.78, 5) is 38.3. The van der Waals surface area contributed by atoms with Gasteiger partial charge in [-0.05, 0) is 43.4 Å². The summed E-state index contributed by atoms with van der Waals surface area (Å²) in [5.41, 5.74) is -1.42. The average Bonchev–Trinajstić information content (AvgIpc) is 3.41. The third-order valence-corrected chi connectivity index (χ3v) is 11.3. The molecule has 1 aliphatic heterocycles. The van der Waals surface area contributed by atoms with Crippen molar-refractivity contribution in [2.24, 2.45) is 33.5 Å². The topological polar surface area (TPSA) is 102 Å². The van der Waals surface area contributed by atoms with Crippen LogP contribution < -0.4 is 0 Å². The van der Waals surface area contributed by atoms with Crippen molar-refractivity contribution in [1.82, 2.24) is 0 Å². The van der Waals surface area contributed by atoms with Crippen LogP contribution in [0.2, 0.25) is 0 Å². The van der Waals surface area contributed by atoms with Gasteiger partial charge in [-0.15, -0.1) is 0 Å². The van der Waals surface area contributed by atoms with E-state index in [1.807, 2.05) is 13.8 Å². The highest BCUT2D eigenvalue weighted by Gasteiger charge is 2.84. The Morgan fingerprint density at radius 1 is 1.11 bits per heavy atom. The first-order chi connectivity index (χ1) is 16.1. The van der Waals surface area contributed by atoms with Crippen molar-refractivity contribution in [3.8, 4) is 0 Å². The number of aliphatic hydroxyl groups excluding tert-OH is 1. The smallest absolute Gasteiger partial charge is 0.303 e. The molecule has 0 unspecified atom stereocenters. The Balaban J connectivity index is 1.61. The van der Waals surface area contributed by atoms with E-state index in [4.69, 9.17) is 14.2 Å². The molecule has 7 nitrogen and oxygen atoms in total. The molecule has 7 heteroatoms. The summed E-state index contributed by atoms with van der Waals surface area (Å²) >= 11 is 0. The lowest BCUT2D eigenvalue weighted by molar-refractivity contribution is -0.200. The Morgan fingerprint density at radius 3 is 2.31 bits per heavy atom. The summed E-state index contributed by atoms with van der Waals surface area (Å²) in [5.74, 6) is -0.695. The molecule has 35 heavy (non-hydrogen) atoms. The van der Waals surface area contributed by atoms with Crippen LogP contribution in [0.15, 0.2) is 11.6 Å². The summed E-state index contributed by atoms with van der Waals surface area (Å²) in [6.07, 6.45) is 2.73. The number of Topliss-reactive ketones (excluding diaryl/α,β-unsaturated/α-hetero) is 1. The zero-order valence-corrected chi connectivity index (χ0v) is 22.3. The molecule has 194 valence electrons. The zero-order chi connectivity index (χ0) is 25.9. The van der Waals surface area contributed by atoms with E-state index in [1.54, 1.807) is 6.92 Å². The number of hydrogen-bond acceptors (Lipinski definition) is 7. The number of carbonyl (C=O) groups excluding carboxylic acids is 3. The van der Waals surface area contributed by atoms with E-state index < -0.39 is 52.1 Å². The van der Waals surface area contributed by atoms with Crippen LogP contribution in [0, 0.1) is 33.5 Å². The highest BCUT2D eigenvalue weighted by Crippen LogP contribution is 2.79. The summed E-state index contributed by atoms with van der Waals surface area (Å²) < 4.78 is 17.6. The second-order valence-corrected chi connectivity index (χ2v) is 13.0. The normalized spacial score (nSPS) is 50.0. The van der Waals surface area contributed by atoms with Gasteiger partial charge in [0.1, 0.15) is 23.6 Å². The molecule has 4 aliphatic carbocycles. The third-order valence-electron chi connectivity index (χ3n) is 11.3. The summed E-state index contributed by atoms with van der Waals surface area (Å²) in [6.45, 7) is 15.1. The predicted molar refractivity (Wildman–Crippen MR) is 127 cm³/mol. The van der Waals surface area contributed by atoms with Gasteiger partial charge < -0.3 is 19.3 Å². The number of esters is 2. The van der Waals surface area contributed by atoms with Crippen LogP contribution in [0.1, 0.15) is 81.1 Å². The van der Waals surface area contributed by atoms with Crippen LogP contribution in [0.25, 0.3) is 0 Å². The standard InChI is InChI=1S/C28H40O7/c1-14(29)28-22(35-28)13-25(6)20-10-9-17-18(27(20,8)21(32)12-26(25,28)7)11-19(33-15(2)30)23(24(17,4)5)34-16(3)31/h9,14,18-20,22-23,29H,10-13H2,1-8H3/t14-,18+,19-,20-,22-,23+,25-,26-,27-,28-/m0/s1. The minimum atomic E-state index is -0.657. The highest BCUT2D eigenvalue weighted by atomic mass is 16.6. The van der Waals surface area contributed by atoms with E-state index in [0.717, 1.165) is 18.4 Å². The maximum atomic E-state index is 14.3. The molecule has 0 amide bonds. The second kappa shape index (κ2) is 7.18. The van der Waals surface area contributed by atoms with Crippen LogP contribution in [0.3, 0.4) is 0 Å². The maximum Gasteiger partial charge on any atom is 0.303 e. The van der Waals surface area contributed by atoms with Crippen molar-refractivity contribution in [2.75, 3.05) is 0 Å². The van der Waals surface area contributed by atoms with Crippen molar-refractivity contribution in [1.29, 1.82) is 0 Å². The van der Waals surface area contributed by atoms with Crippen molar-refractivity contribution >= 4 is 17.7 Å². The number of fused-ring (bicyclic) bond motifs is 7. The van der Waals surface area contributed by atoms with Crippen molar-refractivity contribution in [3.63, 3.8) is 0 Å². The molecule has 0 aromatic carbocycles. The van der Waals surface area contributed by atoms with Gasteiger partial charge in [-0.25, -0.2) is 0 Å². The number of ether oxygens (including phenoxy) is 3. The lowest BCUT2D eigenvalue weighted by Crippen LogP contribution is -2.67. The van der Waals surface area contributed by atoms with Crippen LogP contribution >= 0.6 is 0 Å². The largest absolute Gasteiger partial charge is 0.459 e. The average molecular weight is 489 g/mol.